The molecule has 2 aromatic rings. The molecule has 0 atom stereocenters. The lowest BCUT2D eigenvalue weighted by Gasteiger charge is -2.08. The Morgan fingerprint density at radius 2 is 1.75 bits per heavy atom. The number of rotatable bonds is 5. The quantitative estimate of drug-likeness (QED) is 0.896. The fraction of sp³-hybridized carbons (Fsp3) is 0.294. The fourth-order valence-corrected chi connectivity index (χ4v) is 1.98. The molecule has 3 heteroatoms. The first-order valence-corrected chi connectivity index (χ1v) is 6.94. The molecule has 3 nitrogen and oxygen atoms in total. The Kier molecular flexibility index (Phi) is 4.88. The Morgan fingerprint density at radius 3 is 2.35 bits per heavy atom. The maximum absolute atomic E-state index is 11.9. The third-order valence-electron chi connectivity index (χ3n) is 3.25. The number of hydrogen-bond acceptors (Lipinski definition) is 2. The summed E-state index contributed by atoms with van der Waals surface area (Å²) < 4.78 is 0. The van der Waals surface area contributed by atoms with E-state index in [-0.39, 0.29) is 5.91 Å². The summed E-state index contributed by atoms with van der Waals surface area (Å²) in [6.45, 7) is 4.31. The number of aromatic nitrogens is 1. The second-order valence-corrected chi connectivity index (χ2v) is 5.18. The second-order valence-electron chi connectivity index (χ2n) is 5.18. The molecule has 1 aromatic heterocycles. The summed E-state index contributed by atoms with van der Waals surface area (Å²) >= 11 is 0. The first kappa shape index (κ1) is 14.3. The number of nitrogens with zero attached hydrogens (tertiary/aromatic N) is 1. The van der Waals surface area contributed by atoms with Gasteiger partial charge < -0.3 is 5.32 Å². The van der Waals surface area contributed by atoms with Gasteiger partial charge in [-0.2, -0.15) is 0 Å². The smallest absolute Gasteiger partial charge is 0.224 e. The van der Waals surface area contributed by atoms with Gasteiger partial charge in [-0.1, -0.05) is 26.0 Å². The molecule has 0 spiro atoms. The van der Waals surface area contributed by atoms with Gasteiger partial charge in [-0.05, 0) is 47.7 Å². The normalized spacial score (nSPS) is 10.6. The molecule has 1 aromatic carbocycles. The van der Waals surface area contributed by atoms with Crippen molar-refractivity contribution in [1.29, 1.82) is 0 Å². The van der Waals surface area contributed by atoms with Crippen molar-refractivity contribution in [2.24, 2.45) is 0 Å². The van der Waals surface area contributed by atoms with Crippen molar-refractivity contribution in [1.82, 2.24) is 4.98 Å². The van der Waals surface area contributed by atoms with E-state index in [2.05, 4.69) is 36.3 Å². The molecule has 1 heterocycles. The molecular formula is C17H20N2O. The van der Waals surface area contributed by atoms with Crippen molar-refractivity contribution >= 4 is 11.6 Å². The first-order chi connectivity index (χ1) is 9.65. The molecule has 1 amide bonds. The van der Waals surface area contributed by atoms with Crippen LogP contribution >= 0.6 is 0 Å². The summed E-state index contributed by atoms with van der Waals surface area (Å²) in [5.41, 5.74) is 3.26. The molecular weight excluding hydrogens is 248 g/mol. The predicted octanol–water partition coefficient (Wildman–Crippen LogP) is 3.78. The zero-order valence-corrected chi connectivity index (χ0v) is 12.0. The van der Waals surface area contributed by atoms with Gasteiger partial charge in [0.25, 0.3) is 0 Å². The van der Waals surface area contributed by atoms with E-state index in [1.807, 2.05) is 24.3 Å². The monoisotopic (exact) mass is 268 g/mol. The largest absolute Gasteiger partial charge is 0.326 e. The van der Waals surface area contributed by atoms with E-state index in [4.69, 9.17) is 0 Å². The van der Waals surface area contributed by atoms with E-state index in [0.717, 1.165) is 17.7 Å². The van der Waals surface area contributed by atoms with Crippen LogP contribution in [0.3, 0.4) is 0 Å². The highest BCUT2D eigenvalue weighted by Gasteiger charge is 2.04. The van der Waals surface area contributed by atoms with Crippen molar-refractivity contribution in [3.63, 3.8) is 0 Å². The lowest BCUT2D eigenvalue weighted by atomic mass is 10.0. The number of pyridine rings is 1. The second kappa shape index (κ2) is 6.85. The van der Waals surface area contributed by atoms with Crippen molar-refractivity contribution in [2.75, 3.05) is 5.32 Å². The van der Waals surface area contributed by atoms with Gasteiger partial charge in [0.1, 0.15) is 0 Å². The summed E-state index contributed by atoms with van der Waals surface area (Å²) in [6, 6.07) is 11.9. The standard InChI is InChI=1S/C17H20N2O/c1-13(2)15-4-6-16(7-5-15)19-17(20)8-3-14-9-11-18-12-10-14/h4-7,9-13H,3,8H2,1-2H3,(H,19,20). The minimum atomic E-state index is 0.0408. The number of amides is 1. The number of aryl methyl sites for hydroxylation is 1. The van der Waals surface area contributed by atoms with Crippen molar-refractivity contribution in [3.8, 4) is 0 Å². The van der Waals surface area contributed by atoms with Crippen LogP contribution in [0.15, 0.2) is 48.8 Å². The molecule has 0 saturated heterocycles. The van der Waals surface area contributed by atoms with E-state index >= 15 is 0 Å². The lowest BCUT2D eigenvalue weighted by molar-refractivity contribution is -0.116. The first-order valence-electron chi connectivity index (χ1n) is 6.94. The highest BCUT2D eigenvalue weighted by molar-refractivity contribution is 5.90. The van der Waals surface area contributed by atoms with Crippen molar-refractivity contribution in [2.45, 2.75) is 32.6 Å². The molecule has 0 aliphatic carbocycles. The molecule has 2 rings (SSSR count). The van der Waals surface area contributed by atoms with Crippen LogP contribution in [-0.4, -0.2) is 10.9 Å². The molecule has 0 aliphatic heterocycles. The third kappa shape index (κ3) is 4.19. The predicted molar refractivity (Wildman–Crippen MR) is 81.7 cm³/mol. The van der Waals surface area contributed by atoms with Gasteiger partial charge in [-0.15, -0.1) is 0 Å². The Bertz CT molecular complexity index is 547. The number of carbonyl (C=O) groups excluding carboxylic acids is 1. The minimum absolute atomic E-state index is 0.0408. The number of benzene rings is 1. The van der Waals surface area contributed by atoms with Gasteiger partial charge in [-0.3, -0.25) is 9.78 Å². The average Bonchev–Trinajstić information content (AvgIpc) is 2.47. The average molecular weight is 268 g/mol. The number of carbonyl (C=O) groups is 1. The van der Waals surface area contributed by atoms with E-state index < -0.39 is 0 Å². The van der Waals surface area contributed by atoms with Crippen LogP contribution in [0, 0.1) is 0 Å². The Labute approximate surface area is 120 Å². The molecule has 0 saturated carbocycles. The highest BCUT2D eigenvalue weighted by Crippen LogP contribution is 2.17. The molecule has 0 fully saturated rings. The highest BCUT2D eigenvalue weighted by atomic mass is 16.1. The maximum Gasteiger partial charge on any atom is 0.224 e. The zero-order chi connectivity index (χ0) is 14.4. The van der Waals surface area contributed by atoms with E-state index in [1.165, 1.54) is 5.56 Å². The van der Waals surface area contributed by atoms with Crippen LogP contribution in [0.4, 0.5) is 5.69 Å². The summed E-state index contributed by atoms with van der Waals surface area (Å²) in [6.07, 6.45) is 4.71. The lowest BCUT2D eigenvalue weighted by Crippen LogP contribution is -2.12. The molecule has 0 aliphatic rings. The Morgan fingerprint density at radius 1 is 1.10 bits per heavy atom. The van der Waals surface area contributed by atoms with Crippen LogP contribution in [0.2, 0.25) is 0 Å². The summed E-state index contributed by atoms with van der Waals surface area (Å²) in [7, 11) is 0. The molecule has 0 unspecified atom stereocenters. The summed E-state index contributed by atoms with van der Waals surface area (Å²) in [5, 5.41) is 2.92. The maximum atomic E-state index is 11.9. The van der Waals surface area contributed by atoms with Gasteiger partial charge in [0.05, 0.1) is 0 Å². The molecule has 20 heavy (non-hydrogen) atoms. The fourth-order valence-electron chi connectivity index (χ4n) is 1.98. The SMILES string of the molecule is CC(C)c1ccc(NC(=O)CCc2ccncc2)cc1. The molecule has 0 bridgehead atoms. The van der Waals surface area contributed by atoms with Gasteiger partial charge in [0, 0.05) is 24.5 Å². The van der Waals surface area contributed by atoms with Gasteiger partial charge in [0.2, 0.25) is 5.91 Å². The zero-order valence-electron chi connectivity index (χ0n) is 12.0. The number of nitrogens with one attached hydrogen (secondary N) is 1. The summed E-state index contributed by atoms with van der Waals surface area (Å²) in [5.74, 6) is 0.547. The van der Waals surface area contributed by atoms with Gasteiger partial charge in [-0.25, -0.2) is 0 Å². The van der Waals surface area contributed by atoms with E-state index in [9.17, 15) is 4.79 Å². The van der Waals surface area contributed by atoms with Crippen LogP contribution in [-0.2, 0) is 11.2 Å². The molecule has 0 radical (unpaired) electrons. The van der Waals surface area contributed by atoms with E-state index in [1.54, 1.807) is 12.4 Å². The van der Waals surface area contributed by atoms with Crippen LogP contribution in [0.5, 0.6) is 0 Å². The minimum Gasteiger partial charge on any atom is -0.326 e. The van der Waals surface area contributed by atoms with Crippen LogP contribution in [0.1, 0.15) is 37.3 Å². The van der Waals surface area contributed by atoms with Crippen molar-refractivity contribution < 1.29 is 4.79 Å². The van der Waals surface area contributed by atoms with Crippen molar-refractivity contribution in [3.05, 3.63) is 59.9 Å². The molecule has 104 valence electrons. The summed E-state index contributed by atoms with van der Waals surface area (Å²) in [4.78, 5) is 15.8. The number of anilines is 1. The number of hydrogen-bond donors (Lipinski definition) is 1. The molecule has 1 N–H and O–H groups in total. The Hall–Kier alpha value is -2.16. The van der Waals surface area contributed by atoms with Gasteiger partial charge in [0.15, 0.2) is 0 Å². The van der Waals surface area contributed by atoms with Crippen LogP contribution < -0.4 is 5.32 Å². The third-order valence-corrected chi connectivity index (χ3v) is 3.25. The Balaban J connectivity index is 1.85. The van der Waals surface area contributed by atoms with E-state index in [0.29, 0.717) is 12.3 Å². The topological polar surface area (TPSA) is 42.0 Å². The van der Waals surface area contributed by atoms with Gasteiger partial charge >= 0.3 is 0 Å². The van der Waals surface area contributed by atoms with Crippen LogP contribution in [0.25, 0.3) is 0 Å².